The predicted molar refractivity (Wildman–Crippen MR) is 103 cm³/mol. The number of halogens is 2. The van der Waals surface area contributed by atoms with Crippen molar-refractivity contribution >= 4 is 49.9 Å². The summed E-state index contributed by atoms with van der Waals surface area (Å²) in [6.45, 7) is 0. The third kappa shape index (κ3) is 4.16. The van der Waals surface area contributed by atoms with E-state index in [2.05, 4.69) is 5.43 Å². The SMILES string of the molecule is O=C(Cc1cccc2ccccc12)NNS(=O)(=O)c1cc(Cl)ccc1Cl. The van der Waals surface area contributed by atoms with Crippen LogP contribution in [0.25, 0.3) is 10.8 Å². The molecule has 0 saturated heterocycles. The molecule has 0 aliphatic heterocycles. The summed E-state index contributed by atoms with van der Waals surface area (Å²) in [4.78, 5) is 14.0. The summed E-state index contributed by atoms with van der Waals surface area (Å²) in [5.74, 6) is -0.497. The van der Waals surface area contributed by atoms with Crippen molar-refractivity contribution in [3.63, 3.8) is 0 Å². The van der Waals surface area contributed by atoms with E-state index in [1.54, 1.807) is 0 Å². The van der Waals surface area contributed by atoms with Gasteiger partial charge in [-0.15, -0.1) is 4.83 Å². The molecule has 3 aromatic rings. The zero-order valence-corrected chi connectivity index (χ0v) is 15.7. The molecule has 0 radical (unpaired) electrons. The summed E-state index contributed by atoms with van der Waals surface area (Å²) in [5.41, 5.74) is 2.99. The van der Waals surface area contributed by atoms with E-state index in [4.69, 9.17) is 23.2 Å². The second kappa shape index (κ2) is 7.63. The second-order valence-corrected chi connectivity index (χ2v) is 8.04. The molecule has 0 aromatic heterocycles. The number of hydrazine groups is 1. The quantitative estimate of drug-likeness (QED) is 0.631. The van der Waals surface area contributed by atoms with E-state index in [0.29, 0.717) is 0 Å². The van der Waals surface area contributed by atoms with Crippen molar-refractivity contribution in [1.29, 1.82) is 0 Å². The predicted octanol–water partition coefficient (Wildman–Crippen LogP) is 3.70. The Labute approximate surface area is 160 Å². The maximum Gasteiger partial charge on any atom is 0.258 e. The number of hydrogen-bond donors (Lipinski definition) is 2. The fraction of sp³-hybridized carbons (Fsp3) is 0.0556. The molecule has 0 aliphatic rings. The highest BCUT2D eigenvalue weighted by atomic mass is 35.5. The largest absolute Gasteiger partial charge is 0.277 e. The molecule has 134 valence electrons. The van der Waals surface area contributed by atoms with Crippen molar-refractivity contribution in [3.05, 3.63) is 76.3 Å². The number of amides is 1. The minimum atomic E-state index is -4.04. The molecule has 2 N–H and O–H groups in total. The van der Waals surface area contributed by atoms with Crippen LogP contribution in [0.5, 0.6) is 0 Å². The second-order valence-electron chi connectivity index (χ2n) is 5.54. The number of sulfonamides is 1. The van der Waals surface area contributed by atoms with Gasteiger partial charge in [-0.2, -0.15) is 0 Å². The van der Waals surface area contributed by atoms with Gasteiger partial charge in [-0.3, -0.25) is 10.2 Å². The summed E-state index contributed by atoms with van der Waals surface area (Å²) in [6, 6.07) is 17.3. The first-order valence-corrected chi connectivity index (χ1v) is 9.83. The first kappa shape index (κ1) is 18.7. The Kier molecular flexibility index (Phi) is 5.48. The zero-order valence-electron chi connectivity index (χ0n) is 13.4. The lowest BCUT2D eigenvalue weighted by atomic mass is 10.0. The molecule has 0 saturated carbocycles. The molecule has 3 rings (SSSR count). The Bertz CT molecular complexity index is 1080. The van der Waals surface area contributed by atoms with E-state index in [-0.39, 0.29) is 21.4 Å². The van der Waals surface area contributed by atoms with Crippen molar-refractivity contribution in [2.45, 2.75) is 11.3 Å². The first-order valence-electron chi connectivity index (χ1n) is 7.59. The lowest BCUT2D eigenvalue weighted by Crippen LogP contribution is -2.42. The number of nitrogens with one attached hydrogen (secondary N) is 2. The minimum absolute atomic E-state index is 0.00482. The molecular weight excluding hydrogens is 395 g/mol. The number of rotatable bonds is 5. The highest BCUT2D eigenvalue weighted by Gasteiger charge is 2.19. The standard InChI is InChI=1S/C18H14Cl2N2O3S/c19-14-8-9-16(20)17(11-14)26(24,25)22-21-18(23)10-13-6-3-5-12-4-1-2-7-15(12)13/h1-9,11,22H,10H2,(H,21,23). The van der Waals surface area contributed by atoms with E-state index < -0.39 is 15.9 Å². The molecule has 0 bridgehead atoms. The molecular formula is C18H14Cl2N2O3S. The van der Waals surface area contributed by atoms with Crippen LogP contribution in [-0.2, 0) is 21.2 Å². The van der Waals surface area contributed by atoms with Crippen molar-refractivity contribution < 1.29 is 13.2 Å². The van der Waals surface area contributed by atoms with Gasteiger partial charge in [-0.25, -0.2) is 8.42 Å². The fourth-order valence-electron chi connectivity index (χ4n) is 2.53. The van der Waals surface area contributed by atoms with Gasteiger partial charge in [0.2, 0.25) is 5.91 Å². The maximum absolute atomic E-state index is 12.3. The molecule has 1 amide bonds. The van der Waals surface area contributed by atoms with E-state index >= 15 is 0 Å². The van der Waals surface area contributed by atoms with Gasteiger partial charge in [-0.05, 0) is 34.5 Å². The number of benzene rings is 3. The summed E-state index contributed by atoms with van der Waals surface area (Å²) in [7, 11) is -4.04. The van der Waals surface area contributed by atoms with Crippen LogP contribution in [0.3, 0.4) is 0 Å². The van der Waals surface area contributed by atoms with Gasteiger partial charge in [0.15, 0.2) is 0 Å². The van der Waals surface area contributed by atoms with Crippen LogP contribution in [0.2, 0.25) is 10.0 Å². The Morgan fingerprint density at radius 3 is 2.50 bits per heavy atom. The van der Waals surface area contributed by atoms with Gasteiger partial charge in [0.1, 0.15) is 4.90 Å². The lowest BCUT2D eigenvalue weighted by Gasteiger charge is -2.11. The van der Waals surface area contributed by atoms with E-state index in [9.17, 15) is 13.2 Å². The lowest BCUT2D eigenvalue weighted by molar-refractivity contribution is -0.120. The Balaban J connectivity index is 1.73. The summed E-state index contributed by atoms with van der Waals surface area (Å²) in [6.07, 6.45) is 0.0210. The molecule has 3 aromatic carbocycles. The van der Waals surface area contributed by atoms with Crippen LogP contribution in [0, 0.1) is 0 Å². The van der Waals surface area contributed by atoms with Crippen molar-refractivity contribution in [2.75, 3.05) is 0 Å². The van der Waals surface area contributed by atoms with Crippen molar-refractivity contribution in [2.24, 2.45) is 0 Å². The van der Waals surface area contributed by atoms with Gasteiger partial charge >= 0.3 is 0 Å². The van der Waals surface area contributed by atoms with Crippen molar-refractivity contribution in [3.8, 4) is 0 Å². The molecule has 0 atom stereocenters. The zero-order chi connectivity index (χ0) is 18.7. The third-order valence-corrected chi connectivity index (χ3v) is 5.70. The van der Waals surface area contributed by atoms with Crippen LogP contribution in [0.15, 0.2) is 65.6 Å². The average Bonchev–Trinajstić information content (AvgIpc) is 2.62. The molecule has 5 nitrogen and oxygen atoms in total. The van der Waals surface area contributed by atoms with E-state index in [1.807, 2.05) is 47.3 Å². The Morgan fingerprint density at radius 2 is 1.69 bits per heavy atom. The van der Waals surface area contributed by atoms with Crippen molar-refractivity contribution in [1.82, 2.24) is 10.3 Å². The number of carbonyl (C=O) groups is 1. The average molecular weight is 409 g/mol. The van der Waals surface area contributed by atoms with Gasteiger partial charge in [-0.1, -0.05) is 65.7 Å². The minimum Gasteiger partial charge on any atom is -0.277 e. The van der Waals surface area contributed by atoms with Crippen LogP contribution in [0.1, 0.15) is 5.56 Å². The Hall–Kier alpha value is -2.12. The molecule has 0 unspecified atom stereocenters. The molecule has 0 heterocycles. The molecule has 26 heavy (non-hydrogen) atoms. The summed E-state index contributed by atoms with van der Waals surface area (Å²) < 4.78 is 24.6. The highest BCUT2D eigenvalue weighted by Crippen LogP contribution is 2.24. The monoisotopic (exact) mass is 408 g/mol. The van der Waals surface area contributed by atoms with Crippen LogP contribution < -0.4 is 10.3 Å². The number of hydrogen-bond acceptors (Lipinski definition) is 3. The van der Waals surface area contributed by atoms with Gasteiger partial charge in [0.05, 0.1) is 11.4 Å². The number of fused-ring (bicyclic) bond motifs is 1. The molecule has 0 spiro atoms. The van der Waals surface area contributed by atoms with Gasteiger partial charge in [0.25, 0.3) is 10.0 Å². The molecule has 0 fully saturated rings. The summed E-state index contributed by atoms with van der Waals surface area (Å²) >= 11 is 11.7. The summed E-state index contributed by atoms with van der Waals surface area (Å²) in [5, 5.41) is 2.16. The molecule has 8 heteroatoms. The van der Waals surface area contributed by atoms with Crippen LogP contribution in [0.4, 0.5) is 0 Å². The number of carbonyl (C=O) groups excluding carboxylic acids is 1. The maximum atomic E-state index is 12.3. The van der Waals surface area contributed by atoms with Crippen LogP contribution >= 0.6 is 23.2 Å². The third-order valence-electron chi connectivity index (χ3n) is 3.74. The van der Waals surface area contributed by atoms with E-state index in [1.165, 1.54) is 18.2 Å². The normalized spacial score (nSPS) is 11.5. The topological polar surface area (TPSA) is 75.3 Å². The first-order chi connectivity index (χ1) is 12.4. The van der Waals surface area contributed by atoms with E-state index in [0.717, 1.165) is 16.3 Å². The van der Waals surface area contributed by atoms with Gasteiger partial charge in [0, 0.05) is 5.02 Å². The molecule has 0 aliphatic carbocycles. The fourth-order valence-corrected chi connectivity index (χ4v) is 4.15. The van der Waals surface area contributed by atoms with Gasteiger partial charge < -0.3 is 0 Å². The van der Waals surface area contributed by atoms with Crippen LogP contribution in [-0.4, -0.2) is 14.3 Å². The highest BCUT2D eigenvalue weighted by molar-refractivity contribution is 7.89. The smallest absolute Gasteiger partial charge is 0.258 e. The Morgan fingerprint density at radius 1 is 0.962 bits per heavy atom.